The van der Waals surface area contributed by atoms with Crippen LogP contribution in [0, 0.1) is 11.3 Å². The topological polar surface area (TPSA) is 113 Å². The lowest BCUT2D eigenvalue weighted by Gasteiger charge is -2.59. The zero-order chi connectivity index (χ0) is 25.9. The number of fused-ring (bicyclic) bond motifs is 1. The maximum atomic E-state index is 11.7. The van der Waals surface area contributed by atoms with Gasteiger partial charge in [-0.3, -0.25) is 5.43 Å². The summed E-state index contributed by atoms with van der Waals surface area (Å²) < 4.78 is 31.3. The molecule has 0 bridgehead atoms. The van der Waals surface area contributed by atoms with Crippen LogP contribution in [0.4, 0.5) is 5.82 Å². The standard InChI is InChI=1S/C24H31Cl2N7O3S/c1-14(21-18(25)9-28-31-23(21)26)36-16-4-5-19-17(7-16)22(30-29-19)15-3-6-20(27-8-15)32-10-24(11-32)12-33(13-24)37(2,34)35/h3,6,8-9,14,16-17,19,22,29-30H,4-5,7,10-13H2,1-2H3/t14-,16?,17?,19?,22?/m1/s1. The smallest absolute Gasteiger partial charge is 0.211 e. The third kappa shape index (κ3) is 4.84. The zero-order valence-electron chi connectivity index (χ0n) is 20.8. The predicted octanol–water partition coefficient (Wildman–Crippen LogP) is 2.72. The molecular formula is C24H31Cl2N7O3S. The van der Waals surface area contributed by atoms with E-state index < -0.39 is 10.0 Å². The molecule has 5 atom stereocenters. The van der Waals surface area contributed by atoms with Crippen molar-refractivity contribution in [3.63, 3.8) is 0 Å². The van der Waals surface area contributed by atoms with E-state index in [9.17, 15) is 8.42 Å². The van der Waals surface area contributed by atoms with Crippen LogP contribution in [-0.2, 0) is 14.8 Å². The molecule has 10 nitrogen and oxygen atoms in total. The lowest BCUT2D eigenvalue weighted by Crippen LogP contribution is -2.73. The number of anilines is 1. The van der Waals surface area contributed by atoms with Gasteiger partial charge in [-0.1, -0.05) is 29.3 Å². The lowest BCUT2D eigenvalue weighted by atomic mass is 9.74. The number of rotatable bonds is 6. The monoisotopic (exact) mass is 567 g/mol. The molecule has 2 aromatic rings. The van der Waals surface area contributed by atoms with E-state index in [0.717, 1.165) is 43.7 Å². The van der Waals surface area contributed by atoms with Gasteiger partial charge in [0.2, 0.25) is 10.0 Å². The molecule has 0 amide bonds. The van der Waals surface area contributed by atoms with E-state index in [2.05, 4.69) is 38.1 Å². The van der Waals surface area contributed by atoms with Crippen molar-refractivity contribution in [1.29, 1.82) is 0 Å². The Bertz CT molecular complexity index is 1250. The quantitative estimate of drug-likeness (QED) is 0.543. The molecule has 3 aliphatic heterocycles. The van der Waals surface area contributed by atoms with E-state index >= 15 is 0 Å². The normalized spacial score (nSPS) is 30.0. The minimum atomic E-state index is -3.09. The first-order chi connectivity index (χ1) is 17.6. The van der Waals surface area contributed by atoms with Crippen LogP contribution in [0.3, 0.4) is 0 Å². The van der Waals surface area contributed by atoms with Gasteiger partial charge >= 0.3 is 0 Å². The Morgan fingerprint density at radius 1 is 1.14 bits per heavy atom. The summed E-state index contributed by atoms with van der Waals surface area (Å²) >= 11 is 12.6. The van der Waals surface area contributed by atoms with Gasteiger partial charge in [0.25, 0.3) is 0 Å². The molecule has 4 aliphatic rings. The summed E-state index contributed by atoms with van der Waals surface area (Å²) in [6.45, 7) is 4.86. The first kappa shape index (κ1) is 25.7. The molecule has 1 aliphatic carbocycles. The molecule has 37 heavy (non-hydrogen) atoms. The second-order valence-corrected chi connectivity index (χ2v) is 13.7. The fourth-order valence-electron chi connectivity index (χ4n) is 6.37. The Hall–Kier alpha value is -1.60. The number of hydrogen-bond donors (Lipinski definition) is 2. The van der Waals surface area contributed by atoms with E-state index in [1.165, 1.54) is 12.5 Å². The van der Waals surface area contributed by atoms with Crippen LogP contribution in [0.1, 0.15) is 49.5 Å². The number of hydrogen-bond acceptors (Lipinski definition) is 9. The number of pyridine rings is 1. The summed E-state index contributed by atoms with van der Waals surface area (Å²) in [6, 6.07) is 4.74. The molecular weight excluding hydrogens is 537 g/mol. The summed E-state index contributed by atoms with van der Waals surface area (Å²) in [5.41, 5.74) is 8.87. The molecule has 3 saturated heterocycles. The van der Waals surface area contributed by atoms with Crippen LogP contribution < -0.4 is 15.8 Å². The van der Waals surface area contributed by atoms with E-state index in [1.807, 2.05) is 13.1 Å². The molecule has 200 valence electrons. The minimum absolute atomic E-state index is 0.0826. The molecule has 2 aromatic heterocycles. The number of hydrazine groups is 1. The molecule has 4 unspecified atom stereocenters. The number of halogens is 2. The number of aromatic nitrogens is 3. The maximum Gasteiger partial charge on any atom is 0.211 e. The van der Waals surface area contributed by atoms with Gasteiger partial charge < -0.3 is 9.64 Å². The van der Waals surface area contributed by atoms with Crippen molar-refractivity contribution in [1.82, 2.24) is 30.3 Å². The molecule has 5 heterocycles. The summed E-state index contributed by atoms with van der Waals surface area (Å²) in [6.07, 6.45) is 7.39. The van der Waals surface area contributed by atoms with Gasteiger partial charge in [0.15, 0.2) is 5.15 Å². The van der Waals surface area contributed by atoms with Crippen LogP contribution in [0.2, 0.25) is 10.2 Å². The summed E-state index contributed by atoms with van der Waals surface area (Å²) in [5, 5.41) is 8.45. The highest BCUT2D eigenvalue weighted by molar-refractivity contribution is 7.88. The SMILES string of the molecule is C[C@@H](OC1CCC2NNC(c3ccc(N4CC5(C4)CN(S(C)(=O)=O)C5)nc3)C2C1)c1c(Cl)cnnc1Cl. The average Bonchev–Trinajstić information content (AvgIpc) is 3.20. The summed E-state index contributed by atoms with van der Waals surface area (Å²) in [4.78, 5) is 6.98. The zero-order valence-corrected chi connectivity index (χ0v) is 23.1. The van der Waals surface area contributed by atoms with Gasteiger partial charge in [-0.05, 0) is 43.7 Å². The van der Waals surface area contributed by atoms with Crippen molar-refractivity contribution in [3.8, 4) is 0 Å². The first-order valence-corrected chi connectivity index (χ1v) is 15.2. The summed E-state index contributed by atoms with van der Waals surface area (Å²) in [5.74, 6) is 1.30. The Morgan fingerprint density at radius 2 is 1.92 bits per heavy atom. The largest absolute Gasteiger partial charge is 0.370 e. The van der Waals surface area contributed by atoms with Crippen LogP contribution in [0.5, 0.6) is 0 Å². The Morgan fingerprint density at radius 3 is 2.59 bits per heavy atom. The minimum Gasteiger partial charge on any atom is -0.370 e. The van der Waals surface area contributed by atoms with Gasteiger partial charge in [0, 0.05) is 49.4 Å². The highest BCUT2D eigenvalue weighted by Gasteiger charge is 2.54. The third-order valence-electron chi connectivity index (χ3n) is 8.30. The van der Waals surface area contributed by atoms with Crippen LogP contribution in [0.25, 0.3) is 0 Å². The van der Waals surface area contributed by atoms with Gasteiger partial charge in [0.1, 0.15) is 5.82 Å². The van der Waals surface area contributed by atoms with Crippen LogP contribution in [0.15, 0.2) is 24.5 Å². The lowest BCUT2D eigenvalue weighted by molar-refractivity contribution is -0.0371. The molecule has 4 fully saturated rings. The van der Waals surface area contributed by atoms with Gasteiger partial charge in [-0.15, -0.1) is 5.10 Å². The predicted molar refractivity (Wildman–Crippen MR) is 141 cm³/mol. The molecule has 1 spiro atoms. The second-order valence-electron chi connectivity index (χ2n) is 11.0. The first-order valence-electron chi connectivity index (χ1n) is 12.6. The van der Waals surface area contributed by atoms with Crippen molar-refractivity contribution in [2.45, 2.75) is 50.5 Å². The van der Waals surface area contributed by atoms with E-state index in [0.29, 0.717) is 35.6 Å². The van der Waals surface area contributed by atoms with Crippen LogP contribution in [-0.4, -0.2) is 72.5 Å². The van der Waals surface area contributed by atoms with Crippen molar-refractivity contribution in [3.05, 3.63) is 45.8 Å². The van der Waals surface area contributed by atoms with E-state index in [4.69, 9.17) is 32.9 Å². The highest BCUT2D eigenvalue weighted by Crippen LogP contribution is 2.44. The Kier molecular flexibility index (Phi) is 6.62. The van der Waals surface area contributed by atoms with Crippen molar-refractivity contribution in [2.75, 3.05) is 37.3 Å². The number of sulfonamides is 1. The maximum absolute atomic E-state index is 11.7. The van der Waals surface area contributed by atoms with E-state index in [1.54, 1.807) is 4.31 Å². The second kappa shape index (κ2) is 9.55. The van der Waals surface area contributed by atoms with Crippen LogP contribution >= 0.6 is 23.2 Å². The molecule has 13 heteroatoms. The molecule has 0 radical (unpaired) electrons. The van der Waals surface area contributed by atoms with Gasteiger partial charge in [0.05, 0.1) is 35.7 Å². The average molecular weight is 569 g/mol. The van der Waals surface area contributed by atoms with Crippen molar-refractivity contribution < 1.29 is 13.2 Å². The van der Waals surface area contributed by atoms with Crippen molar-refractivity contribution >= 4 is 39.0 Å². The molecule has 0 aromatic carbocycles. The van der Waals surface area contributed by atoms with Gasteiger partial charge in [-0.2, -0.15) is 5.10 Å². The summed E-state index contributed by atoms with van der Waals surface area (Å²) in [7, 11) is -3.09. The number of ether oxygens (including phenoxy) is 1. The van der Waals surface area contributed by atoms with Gasteiger partial charge in [-0.25, -0.2) is 23.1 Å². The van der Waals surface area contributed by atoms with E-state index in [-0.39, 0.29) is 28.8 Å². The fraction of sp³-hybridized carbons (Fsp3) is 0.625. The Balaban J connectivity index is 1.07. The highest BCUT2D eigenvalue weighted by atomic mass is 35.5. The van der Waals surface area contributed by atoms with Crippen molar-refractivity contribution in [2.24, 2.45) is 11.3 Å². The number of nitrogens with zero attached hydrogens (tertiary/aromatic N) is 5. The molecule has 2 N–H and O–H groups in total. The fourth-order valence-corrected chi connectivity index (χ4v) is 8.02. The number of nitrogens with one attached hydrogen (secondary N) is 2. The Labute approximate surface area is 227 Å². The molecule has 6 rings (SSSR count). The third-order valence-corrected chi connectivity index (χ3v) is 10.1. The molecule has 1 saturated carbocycles.